The van der Waals surface area contributed by atoms with E-state index in [1.807, 2.05) is 30.3 Å². The van der Waals surface area contributed by atoms with E-state index in [0.29, 0.717) is 23.5 Å². The number of esters is 2. The van der Waals surface area contributed by atoms with Crippen LogP contribution in [-0.4, -0.2) is 11.9 Å². The van der Waals surface area contributed by atoms with Crippen molar-refractivity contribution in [2.75, 3.05) is 0 Å². The van der Waals surface area contributed by atoms with Crippen molar-refractivity contribution >= 4 is 11.9 Å². The summed E-state index contributed by atoms with van der Waals surface area (Å²) in [6.45, 7) is 2.09. The Labute approximate surface area is 115 Å². The molecule has 0 aromatic heterocycles. The Balaban J connectivity index is 1.92. The highest BCUT2D eigenvalue weighted by Crippen LogP contribution is 2.32. The fraction of sp³-hybridized carbons (Fsp3) is 0.125. The summed E-state index contributed by atoms with van der Waals surface area (Å²) in [5, 5.41) is 0. The third-order valence-electron chi connectivity index (χ3n) is 3.21. The molecule has 0 atom stereocenters. The molecule has 0 amide bonds. The van der Waals surface area contributed by atoms with Crippen molar-refractivity contribution < 1.29 is 19.1 Å². The van der Waals surface area contributed by atoms with Gasteiger partial charge in [0, 0.05) is 0 Å². The van der Waals surface area contributed by atoms with E-state index < -0.39 is 11.9 Å². The van der Waals surface area contributed by atoms with Crippen molar-refractivity contribution in [1.82, 2.24) is 0 Å². The zero-order valence-electron chi connectivity index (χ0n) is 10.9. The number of carbonyl (C=O) groups excluding carboxylic acids is 2. The summed E-state index contributed by atoms with van der Waals surface area (Å²) >= 11 is 0. The number of fused-ring (bicyclic) bond motifs is 1. The molecule has 1 aliphatic rings. The van der Waals surface area contributed by atoms with Crippen LogP contribution in [0.4, 0.5) is 0 Å². The average molecular weight is 268 g/mol. The second-order valence-corrected chi connectivity index (χ2v) is 4.58. The lowest BCUT2D eigenvalue weighted by Gasteiger charge is -2.09. The number of aryl methyl sites for hydroxylation is 1. The van der Waals surface area contributed by atoms with Gasteiger partial charge < -0.3 is 9.47 Å². The highest BCUT2D eigenvalue weighted by molar-refractivity contribution is 6.16. The molecule has 2 aromatic rings. The molecule has 3 rings (SSSR count). The quantitative estimate of drug-likeness (QED) is 0.634. The standard InChI is InChI=1S/C16H12O4/c1-10-7-8-12(14-13(10)15(17)20-16(14)18)19-9-11-5-3-2-4-6-11/h2-8H,9H2,1H3. The number of cyclic esters (lactones) is 2. The summed E-state index contributed by atoms with van der Waals surface area (Å²) < 4.78 is 10.3. The maximum absolute atomic E-state index is 11.7. The van der Waals surface area contributed by atoms with Crippen LogP contribution in [0.25, 0.3) is 0 Å². The van der Waals surface area contributed by atoms with Crippen molar-refractivity contribution in [2.24, 2.45) is 0 Å². The van der Waals surface area contributed by atoms with Crippen molar-refractivity contribution in [3.8, 4) is 5.75 Å². The molecule has 4 nitrogen and oxygen atoms in total. The lowest BCUT2D eigenvalue weighted by Crippen LogP contribution is -2.02. The Morgan fingerprint density at radius 2 is 1.65 bits per heavy atom. The Bertz CT molecular complexity index is 689. The zero-order chi connectivity index (χ0) is 14.1. The number of carbonyl (C=O) groups is 2. The molecule has 4 heteroatoms. The predicted octanol–water partition coefficient (Wildman–Crippen LogP) is 2.88. The number of ether oxygens (including phenoxy) is 2. The van der Waals surface area contributed by atoms with Gasteiger partial charge in [0.2, 0.25) is 0 Å². The second kappa shape index (κ2) is 4.81. The molecule has 1 heterocycles. The van der Waals surface area contributed by atoms with Gasteiger partial charge in [-0.05, 0) is 24.1 Å². The molecule has 0 saturated carbocycles. The van der Waals surface area contributed by atoms with Crippen LogP contribution < -0.4 is 4.74 Å². The Morgan fingerprint density at radius 3 is 2.40 bits per heavy atom. The van der Waals surface area contributed by atoms with Gasteiger partial charge in [-0.25, -0.2) is 9.59 Å². The van der Waals surface area contributed by atoms with Gasteiger partial charge in [0.1, 0.15) is 17.9 Å². The minimum absolute atomic E-state index is 0.228. The van der Waals surface area contributed by atoms with E-state index in [1.165, 1.54) is 0 Å². The molecule has 0 unspecified atom stereocenters. The third-order valence-corrected chi connectivity index (χ3v) is 3.21. The van der Waals surface area contributed by atoms with Crippen LogP contribution in [0.2, 0.25) is 0 Å². The van der Waals surface area contributed by atoms with Gasteiger partial charge in [-0.1, -0.05) is 36.4 Å². The molecule has 0 fully saturated rings. The summed E-state index contributed by atoms with van der Waals surface area (Å²) in [6, 6.07) is 13.0. The Morgan fingerprint density at radius 1 is 0.950 bits per heavy atom. The van der Waals surface area contributed by atoms with E-state index in [4.69, 9.17) is 4.74 Å². The first-order chi connectivity index (χ1) is 9.66. The molecule has 0 radical (unpaired) electrons. The van der Waals surface area contributed by atoms with Crippen LogP contribution in [0.1, 0.15) is 31.8 Å². The first-order valence-corrected chi connectivity index (χ1v) is 6.23. The lowest BCUT2D eigenvalue weighted by atomic mass is 10.0. The van der Waals surface area contributed by atoms with E-state index in [0.717, 1.165) is 5.56 Å². The molecule has 2 aromatic carbocycles. The molecule has 0 N–H and O–H groups in total. The van der Waals surface area contributed by atoms with E-state index in [2.05, 4.69) is 4.74 Å². The molecular weight excluding hydrogens is 256 g/mol. The van der Waals surface area contributed by atoms with Crippen molar-refractivity contribution in [3.63, 3.8) is 0 Å². The van der Waals surface area contributed by atoms with Gasteiger partial charge in [0.15, 0.2) is 0 Å². The van der Waals surface area contributed by atoms with E-state index in [9.17, 15) is 9.59 Å². The van der Waals surface area contributed by atoms with Gasteiger partial charge in [-0.15, -0.1) is 0 Å². The molecule has 0 saturated heterocycles. The minimum Gasteiger partial charge on any atom is -0.488 e. The second-order valence-electron chi connectivity index (χ2n) is 4.58. The van der Waals surface area contributed by atoms with Gasteiger partial charge in [0.05, 0.1) is 5.56 Å². The molecule has 20 heavy (non-hydrogen) atoms. The van der Waals surface area contributed by atoms with Gasteiger partial charge in [-0.3, -0.25) is 0 Å². The summed E-state index contributed by atoms with van der Waals surface area (Å²) in [4.78, 5) is 23.4. The maximum atomic E-state index is 11.7. The molecule has 1 aliphatic heterocycles. The fourth-order valence-electron chi connectivity index (χ4n) is 2.20. The highest BCUT2D eigenvalue weighted by atomic mass is 16.6. The fourth-order valence-corrected chi connectivity index (χ4v) is 2.20. The third kappa shape index (κ3) is 2.05. The van der Waals surface area contributed by atoms with E-state index in [-0.39, 0.29) is 5.56 Å². The Kier molecular flexibility index (Phi) is 2.99. The van der Waals surface area contributed by atoms with Gasteiger partial charge >= 0.3 is 11.9 Å². The van der Waals surface area contributed by atoms with Crippen LogP contribution >= 0.6 is 0 Å². The number of hydrogen-bond acceptors (Lipinski definition) is 4. The zero-order valence-corrected chi connectivity index (χ0v) is 10.9. The van der Waals surface area contributed by atoms with E-state index in [1.54, 1.807) is 19.1 Å². The summed E-state index contributed by atoms with van der Waals surface area (Å²) in [5.74, 6) is -0.866. The number of benzene rings is 2. The molecule has 0 bridgehead atoms. The average Bonchev–Trinajstić information content (AvgIpc) is 2.76. The molecule has 0 spiro atoms. The number of hydrogen-bond donors (Lipinski definition) is 0. The van der Waals surface area contributed by atoms with Crippen LogP contribution in [0, 0.1) is 6.92 Å². The van der Waals surface area contributed by atoms with Crippen molar-refractivity contribution in [2.45, 2.75) is 13.5 Å². The maximum Gasteiger partial charge on any atom is 0.350 e. The summed E-state index contributed by atoms with van der Waals surface area (Å²) in [5.41, 5.74) is 2.23. The smallest absolute Gasteiger partial charge is 0.350 e. The summed E-state index contributed by atoms with van der Waals surface area (Å²) in [7, 11) is 0. The monoisotopic (exact) mass is 268 g/mol. The lowest BCUT2D eigenvalue weighted by molar-refractivity contribution is 0.0442. The van der Waals surface area contributed by atoms with Gasteiger partial charge in [0.25, 0.3) is 0 Å². The van der Waals surface area contributed by atoms with Crippen molar-refractivity contribution in [1.29, 1.82) is 0 Å². The number of rotatable bonds is 3. The topological polar surface area (TPSA) is 52.6 Å². The first kappa shape index (κ1) is 12.4. The van der Waals surface area contributed by atoms with Crippen LogP contribution in [0.15, 0.2) is 42.5 Å². The summed E-state index contributed by atoms with van der Waals surface area (Å²) in [6.07, 6.45) is 0. The predicted molar refractivity (Wildman–Crippen MR) is 71.7 cm³/mol. The van der Waals surface area contributed by atoms with Crippen LogP contribution in [0.3, 0.4) is 0 Å². The molecule has 100 valence electrons. The molecular formula is C16H12O4. The molecule has 0 aliphatic carbocycles. The van der Waals surface area contributed by atoms with E-state index >= 15 is 0 Å². The highest BCUT2D eigenvalue weighted by Gasteiger charge is 2.34. The largest absolute Gasteiger partial charge is 0.488 e. The van der Waals surface area contributed by atoms with Gasteiger partial charge in [-0.2, -0.15) is 0 Å². The Hall–Kier alpha value is -2.62. The first-order valence-electron chi connectivity index (χ1n) is 6.23. The SMILES string of the molecule is Cc1ccc(OCc2ccccc2)c2c1C(=O)OC2=O. The normalized spacial score (nSPS) is 13.1. The van der Waals surface area contributed by atoms with Crippen molar-refractivity contribution in [3.05, 3.63) is 64.7 Å². The van der Waals surface area contributed by atoms with Crippen LogP contribution in [-0.2, 0) is 11.3 Å². The minimum atomic E-state index is -0.642. The van der Waals surface area contributed by atoms with Crippen LogP contribution in [0.5, 0.6) is 5.75 Å².